The maximum Gasteiger partial charge on any atom is 0.337 e. The van der Waals surface area contributed by atoms with Crippen molar-refractivity contribution in [3.8, 4) is 5.69 Å². The average Bonchev–Trinajstić information content (AvgIpc) is 2.99. The van der Waals surface area contributed by atoms with Crippen LogP contribution in [0.4, 0.5) is 0 Å². The zero-order chi connectivity index (χ0) is 15.9. The number of hydrogen-bond acceptors (Lipinski definition) is 5. The Morgan fingerprint density at radius 3 is 2.77 bits per heavy atom. The Morgan fingerprint density at radius 1 is 1.36 bits per heavy atom. The topological polar surface area (TPSA) is 94.3 Å². The molecule has 0 bridgehead atoms. The first-order chi connectivity index (χ1) is 10.7. The fourth-order valence-corrected chi connectivity index (χ4v) is 1.88. The van der Waals surface area contributed by atoms with Crippen LogP contribution in [0.2, 0.25) is 0 Å². The Morgan fingerprint density at radius 2 is 2.14 bits per heavy atom. The molecule has 0 saturated carbocycles. The quantitative estimate of drug-likeness (QED) is 0.574. The Bertz CT molecular complexity index is 784. The zero-order valence-corrected chi connectivity index (χ0v) is 11.7. The SMILES string of the molecule is COC(=O)c1ccc2cn(-c3cccnc3)nc2c1.O=CO. The van der Waals surface area contributed by atoms with E-state index in [1.165, 1.54) is 7.11 Å². The van der Waals surface area contributed by atoms with E-state index < -0.39 is 0 Å². The monoisotopic (exact) mass is 299 g/mol. The van der Waals surface area contributed by atoms with Crippen LogP contribution in [-0.4, -0.2) is 39.4 Å². The fourth-order valence-electron chi connectivity index (χ4n) is 1.88. The van der Waals surface area contributed by atoms with Gasteiger partial charge in [-0.3, -0.25) is 9.78 Å². The Labute approximate surface area is 125 Å². The smallest absolute Gasteiger partial charge is 0.337 e. The third-order valence-electron chi connectivity index (χ3n) is 2.84. The highest BCUT2D eigenvalue weighted by Crippen LogP contribution is 2.17. The summed E-state index contributed by atoms with van der Waals surface area (Å²) in [5, 5.41) is 12.3. The molecule has 112 valence electrons. The number of esters is 1. The number of aromatic nitrogens is 3. The van der Waals surface area contributed by atoms with Gasteiger partial charge in [0, 0.05) is 17.8 Å². The van der Waals surface area contributed by atoms with Crippen molar-refractivity contribution in [3.05, 3.63) is 54.5 Å². The molecule has 3 aromatic rings. The number of pyridine rings is 1. The van der Waals surface area contributed by atoms with Crippen molar-refractivity contribution in [1.29, 1.82) is 0 Å². The minimum absolute atomic E-state index is 0.250. The van der Waals surface area contributed by atoms with Crippen molar-refractivity contribution in [2.45, 2.75) is 0 Å². The van der Waals surface area contributed by atoms with Crippen LogP contribution < -0.4 is 0 Å². The van der Waals surface area contributed by atoms with Crippen molar-refractivity contribution in [2.75, 3.05) is 7.11 Å². The van der Waals surface area contributed by atoms with Crippen LogP contribution in [0.15, 0.2) is 48.9 Å². The molecule has 0 amide bonds. The summed E-state index contributed by atoms with van der Waals surface area (Å²) in [5.74, 6) is -0.363. The Kier molecular flexibility index (Phi) is 4.81. The molecule has 7 heteroatoms. The summed E-state index contributed by atoms with van der Waals surface area (Å²) in [5.41, 5.74) is 2.11. The lowest BCUT2D eigenvalue weighted by Gasteiger charge is -1.98. The highest BCUT2D eigenvalue weighted by Gasteiger charge is 2.08. The number of carbonyl (C=O) groups excluding carboxylic acids is 1. The second-order valence-electron chi connectivity index (χ2n) is 4.16. The van der Waals surface area contributed by atoms with Gasteiger partial charge < -0.3 is 9.84 Å². The van der Waals surface area contributed by atoms with E-state index in [1.54, 1.807) is 29.2 Å². The molecule has 0 aliphatic heterocycles. The molecule has 2 aromatic heterocycles. The normalized spacial score (nSPS) is 9.68. The number of methoxy groups -OCH3 is 1. The van der Waals surface area contributed by atoms with Gasteiger partial charge in [-0.1, -0.05) is 6.07 Å². The van der Waals surface area contributed by atoms with Crippen LogP contribution in [0.5, 0.6) is 0 Å². The van der Waals surface area contributed by atoms with E-state index in [0.717, 1.165) is 16.6 Å². The summed E-state index contributed by atoms with van der Waals surface area (Å²) in [6.07, 6.45) is 5.34. The standard InChI is InChI=1S/C14H11N3O2.CH2O2/c1-19-14(18)10-4-5-11-9-17(16-13(11)7-10)12-3-2-6-15-8-12;2-1-3/h2-9H,1H3;1H,(H,2,3). The Hall–Kier alpha value is -3.22. The van der Waals surface area contributed by atoms with Gasteiger partial charge in [0.1, 0.15) is 0 Å². The average molecular weight is 299 g/mol. The van der Waals surface area contributed by atoms with Gasteiger partial charge in [-0.05, 0) is 24.3 Å². The van der Waals surface area contributed by atoms with Crippen LogP contribution >= 0.6 is 0 Å². The number of nitrogens with zero attached hydrogens (tertiary/aromatic N) is 3. The molecule has 3 rings (SSSR count). The van der Waals surface area contributed by atoms with Gasteiger partial charge >= 0.3 is 5.97 Å². The number of hydrogen-bond donors (Lipinski definition) is 1. The van der Waals surface area contributed by atoms with Crippen molar-refractivity contribution < 1.29 is 19.4 Å². The zero-order valence-electron chi connectivity index (χ0n) is 11.7. The van der Waals surface area contributed by atoms with Gasteiger partial charge in [-0.2, -0.15) is 5.10 Å². The molecule has 0 unspecified atom stereocenters. The third-order valence-corrected chi connectivity index (χ3v) is 2.84. The summed E-state index contributed by atoms with van der Waals surface area (Å²) in [4.78, 5) is 23.9. The highest BCUT2D eigenvalue weighted by atomic mass is 16.5. The molecule has 1 N–H and O–H groups in total. The minimum Gasteiger partial charge on any atom is -0.483 e. The first-order valence-electron chi connectivity index (χ1n) is 6.25. The van der Waals surface area contributed by atoms with E-state index in [2.05, 4.69) is 10.1 Å². The third kappa shape index (κ3) is 3.26. The summed E-state index contributed by atoms with van der Waals surface area (Å²) in [6, 6.07) is 9.06. The number of rotatable bonds is 2. The van der Waals surface area contributed by atoms with E-state index in [0.29, 0.717) is 5.56 Å². The highest BCUT2D eigenvalue weighted by molar-refractivity contribution is 5.94. The number of ether oxygens (including phenoxy) is 1. The summed E-state index contributed by atoms with van der Waals surface area (Å²) in [7, 11) is 1.36. The number of carboxylic acid groups (broad SMARTS) is 1. The Balaban J connectivity index is 0.000000545. The van der Waals surface area contributed by atoms with Crippen molar-refractivity contribution in [3.63, 3.8) is 0 Å². The predicted molar refractivity (Wildman–Crippen MR) is 78.9 cm³/mol. The molecular formula is C15H13N3O4. The second-order valence-corrected chi connectivity index (χ2v) is 4.16. The molecule has 0 aliphatic carbocycles. The molecule has 7 nitrogen and oxygen atoms in total. The number of fused-ring (bicyclic) bond motifs is 1. The molecule has 0 atom stereocenters. The van der Waals surface area contributed by atoms with Crippen LogP contribution in [0.3, 0.4) is 0 Å². The van der Waals surface area contributed by atoms with E-state index in [9.17, 15) is 4.79 Å². The second kappa shape index (κ2) is 6.98. The minimum atomic E-state index is -0.363. The van der Waals surface area contributed by atoms with E-state index in [4.69, 9.17) is 14.6 Å². The molecule has 0 spiro atoms. The summed E-state index contributed by atoms with van der Waals surface area (Å²) >= 11 is 0. The number of benzene rings is 1. The van der Waals surface area contributed by atoms with E-state index in [1.807, 2.05) is 24.4 Å². The van der Waals surface area contributed by atoms with Gasteiger partial charge in [0.25, 0.3) is 6.47 Å². The molecule has 0 radical (unpaired) electrons. The van der Waals surface area contributed by atoms with Crippen molar-refractivity contribution >= 4 is 23.3 Å². The molecule has 0 aliphatic rings. The van der Waals surface area contributed by atoms with Crippen LogP contribution in [0.25, 0.3) is 16.6 Å². The molecule has 22 heavy (non-hydrogen) atoms. The lowest BCUT2D eigenvalue weighted by Crippen LogP contribution is -2.00. The summed E-state index contributed by atoms with van der Waals surface area (Å²) < 4.78 is 6.43. The molecular weight excluding hydrogens is 286 g/mol. The van der Waals surface area contributed by atoms with Gasteiger partial charge in [-0.25, -0.2) is 9.48 Å². The predicted octanol–water partition coefficient (Wildman–Crippen LogP) is 1.91. The van der Waals surface area contributed by atoms with Crippen LogP contribution in [0.1, 0.15) is 10.4 Å². The molecule has 0 fully saturated rings. The van der Waals surface area contributed by atoms with E-state index in [-0.39, 0.29) is 12.4 Å². The summed E-state index contributed by atoms with van der Waals surface area (Å²) in [6.45, 7) is -0.250. The van der Waals surface area contributed by atoms with Gasteiger partial charge in [0.15, 0.2) is 0 Å². The lowest BCUT2D eigenvalue weighted by molar-refractivity contribution is -0.122. The van der Waals surface area contributed by atoms with Crippen molar-refractivity contribution in [2.24, 2.45) is 0 Å². The molecule has 2 heterocycles. The van der Waals surface area contributed by atoms with Crippen LogP contribution in [0, 0.1) is 0 Å². The first-order valence-corrected chi connectivity index (χ1v) is 6.25. The number of carbonyl (C=O) groups is 2. The maximum atomic E-state index is 11.5. The first kappa shape index (κ1) is 15.2. The largest absolute Gasteiger partial charge is 0.483 e. The van der Waals surface area contributed by atoms with E-state index >= 15 is 0 Å². The maximum absolute atomic E-state index is 11.5. The fraction of sp³-hybridized carbons (Fsp3) is 0.0667. The van der Waals surface area contributed by atoms with Crippen LogP contribution in [-0.2, 0) is 9.53 Å². The van der Waals surface area contributed by atoms with Crippen molar-refractivity contribution in [1.82, 2.24) is 14.8 Å². The lowest BCUT2D eigenvalue weighted by atomic mass is 10.2. The van der Waals surface area contributed by atoms with Gasteiger partial charge in [0.05, 0.1) is 30.1 Å². The molecule has 1 aromatic carbocycles. The molecule has 0 saturated heterocycles. The van der Waals surface area contributed by atoms with Gasteiger partial charge in [-0.15, -0.1) is 0 Å². The van der Waals surface area contributed by atoms with Gasteiger partial charge in [0.2, 0.25) is 0 Å².